The van der Waals surface area contributed by atoms with Gasteiger partial charge in [-0.2, -0.15) is 0 Å². The molecule has 2 heterocycles. The Bertz CT molecular complexity index is 1080. The van der Waals surface area contributed by atoms with Gasteiger partial charge in [0.25, 0.3) is 5.91 Å². The van der Waals surface area contributed by atoms with Crippen LogP contribution in [-0.4, -0.2) is 60.4 Å². The standard InChI is InChI=1S/C25H27FN4O3/c1-3-32-22-11-7-19(17-23(22)33-4-2)25(31)30-15-13-29(14-16-30)24-12-10-21(27-28-24)18-5-8-20(26)9-6-18/h5-12,17H,3-4,13-16H2,1-2H3. The van der Waals surface area contributed by atoms with E-state index in [-0.39, 0.29) is 11.7 Å². The van der Waals surface area contributed by atoms with Crippen LogP contribution in [0, 0.1) is 5.82 Å². The molecular formula is C25H27FN4O3. The molecule has 0 saturated carbocycles. The van der Waals surface area contributed by atoms with Crippen LogP contribution in [-0.2, 0) is 0 Å². The summed E-state index contributed by atoms with van der Waals surface area (Å²) >= 11 is 0. The Morgan fingerprint density at radius 1 is 0.879 bits per heavy atom. The maximum absolute atomic E-state index is 13.1. The van der Waals surface area contributed by atoms with Crippen LogP contribution in [0.2, 0.25) is 0 Å². The van der Waals surface area contributed by atoms with Gasteiger partial charge in [0.1, 0.15) is 5.82 Å². The summed E-state index contributed by atoms with van der Waals surface area (Å²) in [4.78, 5) is 17.0. The Morgan fingerprint density at radius 2 is 1.58 bits per heavy atom. The molecule has 0 N–H and O–H groups in total. The Kier molecular flexibility index (Phi) is 7.02. The second-order valence-electron chi connectivity index (χ2n) is 7.59. The summed E-state index contributed by atoms with van der Waals surface area (Å²) in [5, 5.41) is 8.62. The van der Waals surface area contributed by atoms with E-state index >= 15 is 0 Å². The van der Waals surface area contributed by atoms with E-state index in [1.807, 2.05) is 30.9 Å². The number of benzene rings is 2. The smallest absolute Gasteiger partial charge is 0.254 e. The van der Waals surface area contributed by atoms with Crippen LogP contribution in [0.25, 0.3) is 11.3 Å². The lowest BCUT2D eigenvalue weighted by atomic mass is 10.1. The number of carbonyl (C=O) groups excluding carboxylic acids is 1. The third kappa shape index (κ3) is 5.22. The van der Waals surface area contributed by atoms with Gasteiger partial charge >= 0.3 is 0 Å². The topological polar surface area (TPSA) is 67.8 Å². The molecule has 0 atom stereocenters. The van der Waals surface area contributed by atoms with Crippen LogP contribution in [0.1, 0.15) is 24.2 Å². The number of halogens is 1. The molecular weight excluding hydrogens is 423 g/mol. The molecule has 0 bridgehead atoms. The SMILES string of the molecule is CCOc1ccc(C(=O)N2CCN(c3ccc(-c4ccc(F)cc4)nn3)CC2)cc1OCC. The van der Waals surface area contributed by atoms with Crippen molar-refractivity contribution in [1.29, 1.82) is 0 Å². The van der Waals surface area contributed by atoms with Crippen molar-refractivity contribution in [2.45, 2.75) is 13.8 Å². The molecule has 0 radical (unpaired) electrons. The molecule has 172 valence electrons. The monoisotopic (exact) mass is 450 g/mol. The van der Waals surface area contributed by atoms with Crippen LogP contribution in [0.5, 0.6) is 11.5 Å². The van der Waals surface area contributed by atoms with Crippen LogP contribution in [0.4, 0.5) is 10.2 Å². The largest absolute Gasteiger partial charge is 0.490 e. The maximum Gasteiger partial charge on any atom is 0.254 e. The molecule has 33 heavy (non-hydrogen) atoms. The molecule has 0 spiro atoms. The lowest BCUT2D eigenvalue weighted by molar-refractivity contribution is 0.0746. The predicted octanol–water partition coefficient (Wildman–Crippen LogP) is 4.04. The number of aromatic nitrogens is 2. The summed E-state index contributed by atoms with van der Waals surface area (Å²) in [6.45, 7) is 7.32. The van der Waals surface area contributed by atoms with Gasteiger partial charge in [-0.05, 0) is 68.4 Å². The normalized spacial score (nSPS) is 13.7. The first-order valence-electron chi connectivity index (χ1n) is 11.1. The molecule has 2 aromatic carbocycles. The molecule has 0 unspecified atom stereocenters. The summed E-state index contributed by atoms with van der Waals surface area (Å²) in [6.07, 6.45) is 0. The highest BCUT2D eigenvalue weighted by Crippen LogP contribution is 2.29. The zero-order valence-corrected chi connectivity index (χ0v) is 18.8. The maximum atomic E-state index is 13.1. The summed E-state index contributed by atoms with van der Waals surface area (Å²) in [5.41, 5.74) is 2.08. The zero-order valence-electron chi connectivity index (χ0n) is 18.8. The molecule has 8 heteroatoms. The fourth-order valence-electron chi connectivity index (χ4n) is 3.77. The minimum absolute atomic E-state index is 0.0311. The van der Waals surface area contributed by atoms with Gasteiger partial charge in [0, 0.05) is 37.3 Å². The van der Waals surface area contributed by atoms with Gasteiger partial charge in [-0.3, -0.25) is 4.79 Å². The van der Waals surface area contributed by atoms with E-state index in [9.17, 15) is 9.18 Å². The average molecular weight is 451 g/mol. The van der Waals surface area contributed by atoms with Gasteiger partial charge in [-0.1, -0.05) is 0 Å². The summed E-state index contributed by atoms with van der Waals surface area (Å²) in [7, 11) is 0. The fraction of sp³-hybridized carbons (Fsp3) is 0.320. The molecule has 7 nitrogen and oxygen atoms in total. The number of amides is 1. The third-order valence-electron chi connectivity index (χ3n) is 5.47. The van der Waals surface area contributed by atoms with Crippen molar-refractivity contribution >= 4 is 11.7 Å². The van der Waals surface area contributed by atoms with Crippen LogP contribution >= 0.6 is 0 Å². The van der Waals surface area contributed by atoms with Gasteiger partial charge in [0.2, 0.25) is 0 Å². The number of piperazine rings is 1. The second kappa shape index (κ2) is 10.3. The molecule has 1 aromatic heterocycles. The molecule has 4 rings (SSSR count). The molecule has 1 fully saturated rings. The zero-order chi connectivity index (χ0) is 23.2. The van der Waals surface area contributed by atoms with Crippen molar-refractivity contribution in [3.05, 3.63) is 66.0 Å². The number of hydrogen-bond donors (Lipinski definition) is 0. The molecule has 3 aromatic rings. The van der Waals surface area contributed by atoms with Gasteiger partial charge in [0.05, 0.1) is 18.9 Å². The van der Waals surface area contributed by atoms with E-state index < -0.39 is 0 Å². The highest BCUT2D eigenvalue weighted by atomic mass is 19.1. The number of nitrogens with zero attached hydrogens (tertiary/aromatic N) is 4. The first-order valence-corrected chi connectivity index (χ1v) is 11.1. The van der Waals surface area contributed by atoms with Gasteiger partial charge in [-0.25, -0.2) is 4.39 Å². The molecule has 1 amide bonds. The Morgan fingerprint density at radius 3 is 2.21 bits per heavy atom. The minimum Gasteiger partial charge on any atom is -0.490 e. The van der Waals surface area contributed by atoms with Gasteiger partial charge in [0.15, 0.2) is 17.3 Å². The Labute approximate surface area is 192 Å². The summed E-state index contributed by atoms with van der Waals surface area (Å²) in [5.74, 6) is 1.67. The Hall–Kier alpha value is -3.68. The van der Waals surface area contributed by atoms with Crippen LogP contribution < -0.4 is 14.4 Å². The predicted molar refractivity (Wildman–Crippen MR) is 124 cm³/mol. The molecule has 1 aliphatic rings. The third-order valence-corrected chi connectivity index (χ3v) is 5.47. The first-order chi connectivity index (χ1) is 16.1. The highest BCUT2D eigenvalue weighted by Gasteiger charge is 2.24. The van der Waals surface area contributed by atoms with E-state index in [0.717, 1.165) is 11.4 Å². The quantitative estimate of drug-likeness (QED) is 0.541. The number of carbonyl (C=O) groups is 1. The Balaban J connectivity index is 1.39. The van der Waals surface area contributed by atoms with Crippen molar-refractivity contribution in [3.63, 3.8) is 0 Å². The lowest BCUT2D eigenvalue weighted by Gasteiger charge is -2.35. The van der Waals surface area contributed by atoms with E-state index in [4.69, 9.17) is 9.47 Å². The van der Waals surface area contributed by atoms with Crippen LogP contribution in [0.3, 0.4) is 0 Å². The van der Waals surface area contributed by atoms with E-state index in [1.54, 1.807) is 30.3 Å². The van der Waals surface area contributed by atoms with Gasteiger partial charge < -0.3 is 19.3 Å². The van der Waals surface area contributed by atoms with Crippen molar-refractivity contribution in [2.75, 3.05) is 44.3 Å². The number of anilines is 1. The van der Waals surface area contributed by atoms with E-state index in [2.05, 4.69) is 15.1 Å². The van der Waals surface area contributed by atoms with E-state index in [0.29, 0.717) is 62.1 Å². The first kappa shape index (κ1) is 22.5. The van der Waals surface area contributed by atoms with Crippen molar-refractivity contribution in [2.24, 2.45) is 0 Å². The summed E-state index contributed by atoms with van der Waals surface area (Å²) in [6, 6.07) is 15.3. The minimum atomic E-state index is -0.282. The van der Waals surface area contributed by atoms with E-state index in [1.165, 1.54) is 12.1 Å². The molecule has 0 aliphatic carbocycles. The number of ether oxygens (including phenoxy) is 2. The van der Waals surface area contributed by atoms with Crippen molar-refractivity contribution in [3.8, 4) is 22.8 Å². The van der Waals surface area contributed by atoms with Gasteiger partial charge in [-0.15, -0.1) is 10.2 Å². The van der Waals surface area contributed by atoms with Crippen molar-refractivity contribution in [1.82, 2.24) is 15.1 Å². The fourth-order valence-corrected chi connectivity index (χ4v) is 3.77. The second-order valence-corrected chi connectivity index (χ2v) is 7.59. The highest BCUT2D eigenvalue weighted by molar-refractivity contribution is 5.95. The average Bonchev–Trinajstić information content (AvgIpc) is 2.86. The van der Waals surface area contributed by atoms with Crippen molar-refractivity contribution < 1.29 is 18.7 Å². The molecule has 1 aliphatic heterocycles. The number of hydrogen-bond acceptors (Lipinski definition) is 6. The molecule has 1 saturated heterocycles. The number of rotatable bonds is 7. The summed E-state index contributed by atoms with van der Waals surface area (Å²) < 4.78 is 24.4. The van der Waals surface area contributed by atoms with Crippen LogP contribution in [0.15, 0.2) is 54.6 Å². The lowest BCUT2D eigenvalue weighted by Crippen LogP contribution is -2.49.